The minimum absolute atomic E-state index is 0.167. The molecule has 1 fully saturated rings. The van der Waals surface area contributed by atoms with Crippen molar-refractivity contribution in [1.29, 1.82) is 0 Å². The summed E-state index contributed by atoms with van der Waals surface area (Å²) in [4.78, 5) is 4.80. The van der Waals surface area contributed by atoms with E-state index in [1.165, 1.54) is 5.70 Å². The van der Waals surface area contributed by atoms with Gasteiger partial charge in [-0.05, 0) is 31.9 Å². The summed E-state index contributed by atoms with van der Waals surface area (Å²) in [7, 11) is 0. The summed E-state index contributed by atoms with van der Waals surface area (Å²) in [6.07, 6.45) is 6.69. The van der Waals surface area contributed by atoms with Gasteiger partial charge in [0.2, 0.25) is 0 Å². The van der Waals surface area contributed by atoms with E-state index in [0.717, 1.165) is 36.5 Å². The Hall–Kier alpha value is -1.91. The van der Waals surface area contributed by atoms with E-state index in [0.29, 0.717) is 6.04 Å². The zero-order valence-corrected chi connectivity index (χ0v) is 12.1. The van der Waals surface area contributed by atoms with Crippen LogP contribution in [-0.4, -0.2) is 29.5 Å². The molecule has 108 valence electrons. The Bertz CT molecular complexity index is 627. The predicted molar refractivity (Wildman–Crippen MR) is 82.6 cm³/mol. The highest BCUT2D eigenvalue weighted by Gasteiger charge is 2.33. The molecule has 4 rings (SSSR count). The van der Waals surface area contributed by atoms with E-state index in [4.69, 9.17) is 9.73 Å². The fourth-order valence-electron chi connectivity index (χ4n) is 3.06. The number of aliphatic imine (C=N–C) groups is 1. The second kappa shape index (κ2) is 5.13. The highest BCUT2D eigenvalue weighted by Crippen LogP contribution is 2.31. The van der Waals surface area contributed by atoms with E-state index in [2.05, 4.69) is 41.6 Å². The van der Waals surface area contributed by atoms with Gasteiger partial charge >= 0.3 is 0 Å². The highest BCUT2D eigenvalue weighted by molar-refractivity contribution is 6.10. The van der Waals surface area contributed by atoms with Crippen molar-refractivity contribution in [2.75, 3.05) is 6.61 Å². The topological polar surface area (TPSA) is 36.9 Å². The van der Waals surface area contributed by atoms with Gasteiger partial charge in [0.15, 0.2) is 0 Å². The Morgan fingerprint density at radius 3 is 2.90 bits per heavy atom. The van der Waals surface area contributed by atoms with E-state index >= 15 is 0 Å². The van der Waals surface area contributed by atoms with E-state index in [1.54, 1.807) is 0 Å². The maximum Gasteiger partial charge on any atom is 0.145 e. The number of hydrazine groups is 1. The SMILES string of the molecule is CC1C=C2N=C(c3ccccc3)C=C(C3CCCO3)N2N1. The van der Waals surface area contributed by atoms with Crippen LogP contribution in [0.25, 0.3) is 0 Å². The summed E-state index contributed by atoms with van der Waals surface area (Å²) in [5.74, 6) is 0.981. The molecule has 0 bridgehead atoms. The van der Waals surface area contributed by atoms with Gasteiger partial charge < -0.3 is 4.74 Å². The van der Waals surface area contributed by atoms with Gasteiger partial charge in [-0.1, -0.05) is 30.3 Å². The van der Waals surface area contributed by atoms with Gasteiger partial charge in [0.25, 0.3) is 0 Å². The van der Waals surface area contributed by atoms with Gasteiger partial charge in [0.1, 0.15) is 5.82 Å². The van der Waals surface area contributed by atoms with Crippen LogP contribution >= 0.6 is 0 Å². The predicted octanol–water partition coefficient (Wildman–Crippen LogP) is 2.60. The molecule has 1 saturated heterocycles. The molecule has 3 heterocycles. The van der Waals surface area contributed by atoms with Crippen LogP contribution in [0, 0.1) is 0 Å². The Morgan fingerprint density at radius 2 is 2.14 bits per heavy atom. The molecule has 21 heavy (non-hydrogen) atoms. The molecule has 0 spiro atoms. The average Bonchev–Trinajstić information content (AvgIpc) is 3.15. The number of hydrogen-bond donors (Lipinski definition) is 1. The lowest BCUT2D eigenvalue weighted by Crippen LogP contribution is -2.40. The third-order valence-corrected chi connectivity index (χ3v) is 4.07. The number of ether oxygens (including phenoxy) is 1. The Labute approximate surface area is 124 Å². The molecule has 0 aromatic heterocycles. The number of allylic oxidation sites excluding steroid dienone is 1. The molecule has 1 aromatic rings. The molecule has 2 unspecified atom stereocenters. The molecule has 0 saturated carbocycles. The number of nitrogens with zero attached hydrogens (tertiary/aromatic N) is 2. The Kier molecular flexibility index (Phi) is 3.13. The van der Waals surface area contributed by atoms with Crippen molar-refractivity contribution in [3.63, 3.8) is 0 Å². The second-order valence-electron chi connectivity index (χ2n) is 5.71. The average molecular weight is 281 g/mol. The molecule has 1 N–H and O–H groups in total. The minimum Gasteiger partial charge on any atom is -0.372 e. The maximum absolute atomic E-state index is 5.89. The number of benzene rings is 1. The van der Waals surface area contributed by atoms with Crippen molar-refractivity contribution in [2.45, 2.75) is 31.9 Å². The number of fused-ring (bicyclic) bond motifs is 1. The lowest BCUT2D eigenvalue weighted by atomic mass is 10.0. The molecule has 2 atom stereocenters. The molecular formula is C17H19N3O. The molecular weight excluding hydrogens is 262 g/mol. The summed E-state index contributed by atoms with van der Waals surface area (Å²) in [6, 6.07) is 10.6. The molecule has 3 aliphatic heterocycles. The second-order valence-corrected chi connectivity index (χ2v) is 5.71. The van der Waals surface area contributed by atoms with Crippen molar-refractivity contribution >= 4 is 5.71 Å². The molecule has 1 aromatic carbocycles. The van der Waals surface area contributed by atoms with Gasteiger partial charge in [-0.2, -0.15) is 0 Å². The molecule has 0 amide bonds. The number of nitrogens with one attached hydrogen (secondary N) is 1. The van der Waals surface area contributed by atoms with Crippen LogP contribution in [-0.2, 0) is 4.74 Å². The molecule has 4 heteroatoms. The fourth-order valence-corrected chi connectivity index (χ4v) is 3.06. The standard InChI is InChI=1S/C17H19N3O/c1-12-10-17-18-14(13-6-3-2-4-7-13)11-15(20(17)19-12)16-8-5-9-21-16/h2-4,6-7,10-12,16,19H,5,8-9H2,1H3. The first-order chi connectivity index (χ1) is 10.3. The van der Waals surface area contributed by atoms with Crippen LogP contribution in [0.5, 0.6) is 0 Å². The van der Waals surface area contributed by atoms with E-state index < -0.39 is 0 Å². The van der Waals surface area contributed by atoms with Crippen molar-refractivity contribution in [3.05, 3.63) is 59.6 Å². The quantitative estimate of drug-likeness (QED) is 0.905. The van der Waals surface area contributed by atoms with Gasteiger partial charge in [-0.25, -0.2) is 10.4 Å². The van der Waals surface area contributed by atoms with E-state index in [1.807, 2.05) is 18.2 Å². The van der Waals surface area contributed by atoms with Gasteiger partial charge in [0, 0.05) is 18.2 Å². The number of hydrogen-bond acceptors (Lipinski definition) is 4. The largest absolute Gasteiger partial charge is 0.372 e. The van der Waals surface area contributed by atoms with E-state index in [9.17, 15) is 0 Å². The third kappa shape index (κ3) is 2.30. The zero-order valence-electron chi connectivity index (χ0n) is 12.1. The summed E-state index contributed by atoms with van der Waals surface area (Å²) in [5, 5.41) is 2.09. The van der Waals surface area contributed by atoms with Crippen LogP contribution in [0.4, 0.5) is 0 Å². The van der Waals surface area contributed by atoms with Crippen molar-refractivity contribution in [1.82, 2.24) is 10.4 Å². The third-order valence-electron chi connectivity index (χ3n) is 4.07. The van der Waals surface area contributed by atoms with Crippen molar-refractivity contribution in [3.8, 4) is 0 Å². The van der Waals surface area contributed by atoms with Gasteiger partial charge in [-0.3, -0.25) is 5.01 Å². The van der Waals surface area contributed by atoms with Crippen LogP contribution in [0.15, 0.2) is 59.0 Å². The monoisotopic (exact) mass is 281 g/mol. The summed E-state index contributed by atoms with van der Waals surface area (Å²) >= 11 is 0. The summed E-state index contributed by atoms with van der Waals surface area (Å²) in [6.45, 7) is 2.98. The first-order valence-electron chi connectivity index (χ1n) is 7.57. The first-order valence-corrected chi connectivity index (χ1v) is 7.57. The number of rotatable bonds is 2. The van der Waals surface area contributed by atoms with Crippen molar-refractivity contribution < 1.29 is 4.74 Å². The maximum atomic E-state index is 5.89. The van der Waals surface area contributed by atoms with E-state index in [-0.39, 0.29) is 6.10 Å². The minimum atomic E-state index is 0.167. The van der Waals surface area contributed by atoms with Crippen LogP contribution in [0.2, 0.25) is 0 Å². The van der Waals surface area contributed by atoms with Crippen LogP contribution in [0.3, 0.4) is 0 Å². The first kappa shape index (κ1) is 12.8. The Morgan fingerprint density at radius 1 is 1.29 bits per heavy atom. The Balaban J connectivity index is 1.76. The molecule has 0 radical (unpaired) electrons. The normalized spacial score (nSPS) is 28.0. The zero-order chi connectivity index (χ0) is 14.2. The smallest absolute Gasteiger partial charge is 0.145 e. The fraction of sp³-hybridized carbons (Fsp3) is 0.353. The summed E-state index contributed by atoms with van der Waals surface area (Å²) < 4.78 is 5.89. The lowest BCUT2D eigenvalue weighted by molar-refractivity contribution is 0.106. The van der Waals surface area contributed by atoms with Gasteiger partial charge in [-0.15, -0.1) is 0 Å². The van der Waals surface area contributed by atoms with Crippen LogP contribution < -0.4 is 5.43 Å². The summed E-state index contributed by atoms with van der Waals surface area (Å²) in [5.41, 5.74) is 6.78. The van der Waals surface area contributed by atoms with Gasteiger partial charge in [0.05, 0.1) is 17.5 Å². The molecule has 4 nitrogen and oxygen atoms in total. The molecule has 0 aliphatic carbocycles. The molecule has 3 aliphatic rings. The lowest BCUT2D eigenvalue weighted by Gasteiger charge is -2.30. The highest BCUT2D eigenvalue weighted by atomic mass is 16.5. The van der Waals surface area contributed by atoms with Crippen molar-refractivity contribution in [2.24, 2.45) is 4.99 Å². The van der Waals surface area contributed by atoms with Crippen LogP contribution in [0.1, 0.15) is 25.3 Å².